The molecule has 0 radical (unpaired) electrons. The number of aromatic nitrogens is 1. The molecule has 2 aromatic heterocycles. The Balaban J connectivity index is 1.73. The summed E-state index contributed by atoms with van der Waals surface area (Å²) >= 11 is 1.68. The van der Waals surface area contributed by atoms with E-state index in [1.54, 1.807) is 11.3 Å². The molecular formula is C16H22N2OS. The van der Waals surface area contributed by atoms with E-state index in [0.717, 1.165) is 41.8 Å². The Bertz CT molecular complexity index is 504. The molecular weight excluding hydrogens is 268 g/mol. The van der Waals surface area contributed by atoms with Gasteiger partial charge in [0.2, 0.25) is 0 Å². The van der Waals surface area contributed by atoms with Gasteiger partial charge in [-0.05, 0) is 36.8 Å². The molecule has 0 bridgehead atoms. The van der Waals surface area contributed by atoms with Crippen LogP contribution in [0.5, 0.6) is 0 Å². The monoisotopic (exact) mass is 290 g/mol. The molecule has 0 aliphatic rings. The van der Waals surface area contributed by atoms with Crippen LogP contribution >= 0.6 is 11.3 Å². The van der Waals surface area contributed by atoms with Gasteiger partial charge in [0, 0.05) is 6.07 Å². The summed E-state index contributed by atoms with van der Waals surface area (Å²) in [6.07, 6.45) is 5.49. The van der Waals surface area contributed by atoms with E-state index in [4.69, 9.17) is 4.52 Å². The van der Waals surface area contributed by atoms with E-state index in [1.165, 1.54) is 12.8 Å². The maximum absolute atomic E-state index is 5.35. The van der Waals surface area contributed by atoms with Crippen LogP contribution in [0.25, 0.3) is 10.6 Å². The molecule has 0 aromatic carbocycles. The molecule has 0 aliphatic heterocycles. The van der Waals surface area contributed by atoms with E-state index in [0.29, 0.717) is 0 Å². The van der Waals surface area contributed by atoms with E-state index in [2.05, 4.69) is 30.0 Å². The smallest absolute Gasteiger partial charge is 0.151 e. The average Bonchev–Trinajstić information content (AvgIpc) is 3.12. The zero-order chi connectivity index (χ0) is 14.2. The Morgan fingerprint density at radius 1 is 1.55 bits per heavy atom. The Morgan fingerprint density at radius 3 is 3.15 bits per heavy atom. The van der Waals surface area contributed by atoms with Crippen LogP contribution in [0.2, 0.25) is 0 Å². The van der Waals surface area contributed by atoms with Crippen LogP contribution in [0.1, 0.15) is 31.9 Å². The molecule has 0 aliphatic carbocycles. The Kier molecular flexibility index (Phi) is 6.02. The van der Waals surface area contributed by atoms with Gasteiger partial charge in [-0.25, -0.2) is 0 Å². The lowest BCUT2D eigenvalue weighted by atomic mass is 9.99. The van der Waals surface area contributed by atoms with Crippen LogP contribution < -0.4 is 5.32 Å². The summed E-state index contributed by atoms with van der Waals surface area (Å²) in [5.41, 5.74) is 0.926. The number of rotatable bonds is 9. The molecule has 0 saturated carbocycles. The van der Waals surface area contributed by atoms with E-state index >= 15 is 0 Å². The molecule has 1 atom stereocenters. The zero-order valence-electron chi connectivity index (χ0n) is 12.0. The van der Waals surface area contributed by atoms with E-state index < -0.39 is 0 Å². The minimum Gasteiger partial charge on any atom is -0.359 e. The van der Waals surface area contributed by atoms with Crippen molar-refractivity contribution in [1.82, 2.24) is 10.5 Å². The Hall–Kier alpha value is -1.39. The van der Waals surface area contributed by atoms with Crippen molar-refractivity contribution < 1.29 is 4.52 Å². The summed E-state index contributed by atoms with van der Waals surface area (Å²) in [6, 6.07) is 6.10. The second kappa shape index (κ2) is 8.02. The van der Waals surface area contributed by atoms with Gasteiger partial charge >= 0.3 is 0 Å². The number of nitrogens with zero attached hydrogens (tertiary/aromatic N) is 1. The first kappa shape index (κ1) is 15.0. The summed E-state index contributed by atoms with van der Waals surface area (Å²) in [5, 5.41) is 9.57. The number of allylic oxidation sites excluding steroid dienone is 1. The highest BCUT2D eigenvalue weighted by Gasteiger charge is 2.07. The first-order chi connectivity index (χ1) is 9.83. The largest absolute Gasteiger partial charge is 0.359 e. The van der Waals surface area contributed by atoms with Gasteiger partial charge in [-0.3, -0.25) is 0 Å². The van der Waals surface area contributed by atoms with E-state index in [9.17, 15) is 0 Å². The first-order valence-electron chi connectivity index (χ1n) is 7.14. The molecule has 4 heteroatoms. The number of nitrogens with one attached hydrogen (secondary N) is 1. The van der Waals surface area contributed by atoms with Crippen LogP contribution in [0.15, 0.2) is 40.8 Å². The molecule has 2 aromatic rings. The summed E-state index contributed by atoms with van der Waals surface area (Å²) in [7, 11) is 0. The van der Waals surface area contributed by atoms with Gasteiger partial charge in [0.1, 0.15) is 5.69 Å². The van der Waals surface area contributed by atoms with Gasteiger partial charge in [-0.15, -0.1) is 17.9 Å². The fraction of sp³-hybridized carbons (Fsp3) is 0.438. The maximum atomic E-state index is 5.35. The highest BCUT2D eigenvalue weighted by Crippen LogP contribution is 2.23. The third-order valence-corrected chi connectivity index (χ3v) is 4.33. The summed E-state index contributed by atoms with van der Waals surface area (Å²) in [4.78, 5) is 1.15. The van der Waals surface area contributed by atoms with Crippen molar-refractivity contribution in [3.05, 3.63) is 42.0 Å². The number of thiophene rings is 1. The fourth-order valence-corrected chi connectivity index (χ4v) is 2.86. The van der Waals surface area contributed by atoms with Crippen LogP contribution in [0.4, 0.5) is 0 Å². The number of hydrogen-bond donors (Lipinski definition) is 1. The minimum atomic E-state index is 0.733. The van der Waals surface area contributed by atoms with Crippen molar-refractivity contribution in [2.24, 2.45) is 5.92 Å². The molecule has 20 heavy (non-hydrogen) atoms. The second-order valence-corrected chi connectivity index (χ2v) is 5.87. The van der Waals surface area contributed by atoms with Crippen molar-refractivity contribution in [3.63, 3.8) is 0 Å². The second-order valence-electron chi connectivity index (χ2n) is 4.92. The van der Waals surface area contributed by atoms with E-state index in [-0.39, 0.29) is 0 Å². The van der Waals surface area contributed by atoms with Crippen molar-refractivity contribution in [1.29, 1.82) is 0 Å². The summed E-state index contributed by atoms with van der Waals surface area (Å²) < 4.78 is 5.35. The molecule has 1 unspecified atom stereocenters. The van der Waals surface area contributed by atoms with Gasteiger partial charge < -0.3 is 9.84 Å². The van der Waals surface area contributed by atoms with Crippen LogP contribution in [-0.4, -0.2) is 11.7 Å². The zero-order valence-corrected chi connectivity index (χ0v) is 12.8. The normalized spacial score (nSPS) is 12.4. The fourth-order valence-electron chi connectivity index (χ4n) is 2.18. The highest BCUT2D eigenvalue weighted by atomic mass is 32.1. The predicted octanol–water partition coefficient (Wildman–Crippen LogP) is 4.49. The highest BCUT2D eigenvalue weighted by molar-refractivity contribution is 7.13. The SMILES string of the molecule is C=CCC(CC)CCNCc1cc(-c2cccs2)no1. The quantitative estimate of drug-likeness (QED) is 0.546. The maximum Gasteiger partial charge on any atom is 0.151 e. The van der Waals surface area contributed by atoms with Crippen molar-refractivity contribution in [2.45, 2.75) is 32.7 Å². The molecule has 0 saturated heterocycles. The lowest BCUT2D eigenvalue weighted by Crippen LogP contribution is -2.17. The molecule has 0 fully saturated rings. The number of hydrogen-bond acceptors (Lipinski definition) is 4. The standard InChI is InChI=1S/C16H22N2OS/c1-3-6-13(4-2)8-9-17-12-14-11-15(18-19-14)16-7-5-10-20-16/h3,5,7,10-11,13,17H,1,4,6,8-9,12H2,2H3. The summed E-state index contributed by atoms with van der Waals surface area (Å²) in [5.74, 6) is 1.63. The van der Waals surface area contributed by atoms with Crippen molar-refractivity contribution >= 4 is 11.3 Å². The summed E-state index contributed by atoms with van der Waals surface area (Å²) in [6.45, 7) is 7.78. The molecule has 2 heterocycles. The van der Waals surface area contributed by atoms with Crippen molar-refractivity contribution in [3.8, 4) is 10.6 Å². The molecule has 0 amide bonds. The molecule has 108 valence electrons. The van der Waals surface area contributed by atoms with Crippen LogP contribution in [0.3, 0.4) is 0 Å². The van der Waals surface area contributed by atoms with Gasteiger partial charge in [0.15, 0.2) is 5.76 Å². The third kappa shape index (κ3) is 4.32. The predicted molar refractivity (Wildman–Crippen MR) is 84.7 cm³/mol. The first-order valence-corrected chi connectivity index (χ1v) is 8.02. The molecule has 2 rings (SSSR count). The third-order valence-electron chi connectivity index (χ3n) is 3.44. The van der Waals surface area contributed by atoms with E-state index in [1.807, 2.05) is 23.6 Å². The minimum absolute atomic E-state index is 0.733. The molecule has 0 spiro atoms. The molecule has 1 N–H and O–H groups in total. The van der Waals surface area contributed by atoms with Gasteiger partial charge in [-0.2, -0.15) is 0 Å². The Labute approximate surface area is 124 Å². The topological polar surface area (TPSA) is 38.1 Å². The van der Waals surface area contributed by atoms with Crippen molar-refractivity contribution in [2.75, 3.05) is 6.54 Å². The molecule has 3 nitrogen and oxygen atoms in total. The lowest BCUT2D eigenvalue weighted by Gasteiger charge is -2.12. The van der Waals surface area contributed by atoms with Gasteiger partial charge in [-0.1, -0.05) is 30.6 Å². The van der Waals surface area contributed by atoms with Crippen LogP contribution in [0, 0.1) is 5.92 Å². The Morgan fingerprint density at radius 2 is 2.45 bits per heavy atom. The van der Waals surface area contributed by atoms with Gasteiger partial charge in [0.25, 0.3) is 0 Å². The lowest BCUT2D eigenvalue weighted by molar-refractivity contribution is 0.369. The van der Waals surface area contributed by atoms with Crippen LogP contribution in [-0.2, 0) is 6.54 Å². The average molecular weight is 290 g/mol. The van der Waals surface area contributed by atoms with Gasteiger partial charge in [0.05, 0.1) is 11.4 Å².